The molecule has 4 heteroatoms. The fourth-order valence-corrected chi connectivity index (χ4v) is 3.22. The minimum atomic E-state index is -0.276. The average Bonchev–Trinajstić information content (AvgIpc) is 2.45. The van der Waals surface area contributed by atoms with E-state index in [2.05, 4.69) is 21.2 Å². The number of benzene rings is 2. The van der Waals surface area contributed by atoms with Gasteiger partial charge in [-0.05, 0) is 54.3 Å². The monoisotopic (exact) mass is 347 g/mol. The Hall–Kier alpha value is -1.68. The van der Waals surface area contributed by atoms with Gasteiger partial charge in [-0.15, -0.1) is 0 Å². The van der Waals surface area contributed by atoms with E-state index in [1.807, 2.05) is 26.0 Å². The van der Waals surface area contributed by atoms with Crippen molar-refractivity contribution in [3.63, 3.8) is 0 Å². The highest BCUT2D eigenvalue weighted by Gasteiger charge is 2.29. The van der Waals surface area contributed by atoms with E-state index in [0.717, 1.165) is 26.9 Å². The van der Waals surface area contributed by atoms with Crippen LogP contribution in [0.3, 0.4) is 0 Å². The highest BCUT2D eigenvalue weighted by molar-refractivity contribution is 9.10. The molecule has 0 aliphatic carbocycles. The first kappa shape index (κ1) is 14.3. The summed E-state index contributed by atoms with van der Waals surface area (Å²) in [5, 5.41) is 2.93. The molecule has 1 N–H and O–H groups in total. The van der Waals surface area contributed by atoms with E-state index in [0.29, 0.717) is 5.56 Å². The van der Waals surface area contributed by atoms with Gasteiger partial charge in [-0.2, -0.15) is 0 Å². The Bertz CT molecular complexity index is 742. The lowest BCUT2D eigenvalue weighted by molar-refractivity contribution is -0.116. The molecule has 1 amide bonds. The first-order valence-electron chi connectivity index (χ1n) is 6.82. The molecule has 2 aromatic carbocycles. The van der Waals surface area contributed by atoms with Crippen LogP contribution in [0.2, 0.25) is 0 Å². The van der Waals surface area contributed by atoms with Crippen LogP contribution in [0.1, 0.15) is 34.6 Å². The van der Waals surface area contributed by atoms with Crippen molar-refractivity contribution in [1.82, 2.24) is 0 Å². The van der Waals surface area contributed by atoms with Crippen LogP contribution < -0.4 is 5.32 Å². The van der Waals surface area contributed by atoms with Crippen LogP contribution in [0.5, 0.6) is 0 Å². The molecule has 0 saturated heterocycles. The van der Waals surface area contributed by atoms with Gasteiger partial charge < -0.3 is 5.32 Å². The number of hydrogen-bond donors (Lipinski definition) is 1. The largest absolute Gasteiger partial charge is 0.326 e. The summed E-state index contributed by atoms with van der Waals surface area (Å²) in [5.74, 6) is -0.590. The quantitative estimate of drug-likeness (QED) is 0.797. The second kappa shape index (κ2) is 5.26. The third kappa shape index (κ3) is 2.48. The summed E-state index contributed by atoms with van der Waals surface area (Å²) in [6.07, 6.45) is 0.267. The van der Waals surface area contributed by atoms with Crippen LogP contribution in [-0.2, 0) is 4.79 Å². The van der Waals surface area contributed by atoms with Crippen molar-refractivity contribution in [3.8, 4) is 0 Å². The number of amides is 1. The van der Waals surface area contributed by atoms with Gasteiger partial charge in [0.1, 0.15) is 5.82 Å². The summed E-state index contributed by atoms with van der Waals surface area (Å²) >= 11 is 3.38. The molecule has 0 saturated carbocycles. The molecule has 1 atom stereocenters. The van der Waals surface area contributed by atoms with Gasteiger partial charge in [0.25, 0.3) is 0 Å². The Morgan fingerprint density at radius 2 is 1.95 bits per heavy atom. The van der Waals surface area contributed by atoms with Crippen LogP contribution in [0.25, 0.3) is 0 Å². The van der Waals surface area contributed by atoms with E-state index in [9.17, 15) is 9.18 Å². The lowest BCUT2D eigenvalue weighted by atomic mass is 9.82. The minimum absolute atomic E-state index is 0.0689. The van der Waals surface area contributed by atoms with Crippen LogP contribution in [-0.4, -0.2) is 5.91 Å². The number of carbonyl (C=O) groups is 1. The minimum Gasteiger partial charge on any atom is -0.326 e. The molecule has 0 fully saturated rings. The van der Waals surface area contributed by atoms with E-state index in [1.165, 1.54) is 6.07 Å². The maximum Gasteiger partial charge on any atom is 0.225 e. The molecule has 0 aromatic heterocycles. The van der Waals surface area contributed by atoms with Gasteiger partial charge in [0.05, 0.1) is 0 Å². The van der Waals surface area contributed by atoms with E-state index >= 15 is 0 Å². The van der Waals surface area contributed by atoms with Crippen molar-refractivity contribution in [3.05, 3.63) is 62.9 Å². The predicted octanol–water partition coefficient (Wildman–Crippen LogP) is 4.68. The third-order valence-corrected chi connectivity index (χ3v) is 4.62. The van der Waals surface area contributed by atoms with Gasteiger partial charge in [0.15, 0.2) is 0 Å². The molecular formula is C17H15BrFNO. The number of fused-ring (bicyclic) bond motifs is 1. The Morgan fingerprint density at radius 3 is 2.71 bits per heavy atom. The maximum absolute atomic E-state index is 14.2. The number of anilines is 1. The summed E-state index contributed by atoms with van der Waals surface area (Å²) in [5.41, 5.74) is 4.53. The Morgan fingerprint density at radius 1 is 1.19 bits per heavy atom. The zero-order valence-electron chi connectivity index (χ0n) is 11.8. The lowest BCUT2D eigenvalue weighted by Crippen LogP contribution is -2.25. The van der Waals surface area contributed by atoms with Crippen LogP contribution >= 0.6 is 15.9 Å². The first-order valence-corrected chi connectivity index (χ1v) is 7.61. The second-order valence-corrected chi connectivity index (χ2v) is 6.36. The predicted molar refractivity (Wildman–Crippen MR) is 85.1 cm³/mol. The first-order chi connectivity index (χ1) is 9.97. The molecule has 1 aliphatic rings. The van der Waals surface area contributed by atoms with Crippen LogP contribution in [0, 0.1) is 19.7 Å². The molecule has 108 valence electrons. The Balaban J connectivity index is 2.20. The molecule has 1 heterocycles. The average molecular weight is 348 g/mol. The highest BCUT2D eigenvalue weighted by Crippen LogP contribution is 2.40. The molecule has 2 nitrogen and oxygen atoms in total. The molecule has 0 bridgehead atoms. The number of aryl methyl sites for hydroxylation is 1. The van der Waals surface area contributed by atoms with E-state index in [-0.39, 0.29) is 24.1 Å². The maximum atomic E-state index is 14.2. The SMILES string of the molecule is Cc1ccc2c(c1C)NC(=O)CC2c1cc(Br)ccc1F. The van der Waals surface area contributed by atoms with Gasteiger partial charge in [-0.25, -0.2) is 4.39 Å². The normalized spacial score (nSPS) is 17.3. The van der Waals surface area contributed by atoms with E-state index in [1.54, 1.807) is 12.1 Å². The number of nitrogens with one attached hydrogen (secondary N) is 1. The molecule has 0 radical (unpaired) electrons. The standard InChI is InChI=1S/C17H15BrFNO/c1-9-3-5-12-13(8-16(21)20-17(12)10(9)2)14-7-11(18)4-6-15(14)19/h3-7,13H,8H2,1-2H3,(H,20,21). The highest BCUT2D eigenvalue weighted by atomic mass is 79.9. The molecule has 2 aromatic rings. The van der Waals surface area contributed by atoms with Crippen molar-refractivity contribution < 1.29 is 9.18 Å². The summed E-state index contributed by atoms with van der Waals surface area (Å²) < 4.78 is 15.0. The molecule has 1 aliphatic heterocycles. The van der Waals surface area contributed by atoms with Crippen molar-refractivity contribution in [1.29, 1.82) is 0 Å². The van der Waals surface area contributed by atoms with Gasteiger partial charge >= 0.3 is 0 Å². The smallest absolute Gasteiger partial charge is 0.225 e. The van der Waals surface area contributed by atoms with Crippen LogP contribution in [0.15, 0.2) is 34.8 Å². The number of halogens is 2. The molecule has 3 rings (SSSR count). The fourth-order valence-electron chi connectivity index (χ4n) is 2.84. The number of rotatable bonds is 1. The Labute approximate surface area is 131 Å². The van der Waals surface area contributed by atoms with Gasteiger partial charge in [0, 0.05) is 22.5 Å². The summed E-state index contributed by atoms with van der Waals surface area (Å²) in [6, 6.07) is 8.88. The molecule has 21 heavy (non-hydrogen) atoms. The number of hydrogen-bond acceptors (Lipinski definition) is 1. The van der Waals surface area contributed by atoms with E-state index in [4.69, 9.17) is 0 Å². The third-order valence-electron chi connectivity index (χ3n) is 4.13. The second-order valence-electron chi connectivity index (χ2n) is 5.44. The number of carbonyl (C=O) groups excluding carboxylic acids is 1. The molecule has 1 unspecified atom stereocenters. The van der Waals surface area contributed by atoms with E-state index < -0.39 is 0 Å². The lowest BCUT2D eigenvalue weighted by Gasteiger charge is -2.28. The molecule has 0 spiro atoms. The summed E-state index contributed by atoms with van der Waals surface area (Å²) in [6.45, 7) is 3.99. The van der Waals surface area contributed by atoms with Gasteiger partial charge in [-0.1, -0.05) is 28.1 Å². The van der Waals surface area contributed by atoms with Crippen LogP contribution in [0.4, 0.5) is 10.1 Å². The van der Waals surface area contributed by atoms with Gasteiger partial charge in [0.2, 0.25) is 5.91 Å². The fraction of sp³-hybridized carbons (Fsp3) is 0.235. The summed E-state index contributed by atoms with van der Waals surface area (Å²) in [7, 11) is 0. The van der Waals surface area contributed by atoms with Crippen molar-refractivity contribution in [2.24, 2.45) is 0 Å². The van der Waals surface area contributed by atoms with Crippen molar-refractivity contribution in [2.45, 2.75) is 26.2 Å². The topological polar surface area (TPSA) is 29.1 Å². The van der Waals surface area contributed by atoms with Crippen molar-refractivity contribution >= 4 is 27.5 Å². The molecular weight excluding hydrogens is 333 g/mol. The Kier molecular flexibility index (Phi) is 3.57. The summed E-state index contributed by atoms with van der Waals surface area (Å²) in [4.78, 5) is 12.0. The zero-order chi connectivity index (χ0) is 15.1. The zero-order valence-corrected chi connectivity index (χ0v) is 13.4. The van der Waals surface area contributed by atoms with Crippen molar-refractivity contribution in [2.75, 3.05) is 5.32 Å². The van der Waals surface area contributed by atoms with Gasteiger partial charge in [-0.3, -0.25) is 4.79 Å².